The van der Waals surface area contributed by atoms with Crippen LogP contribution in [0.25, 0.3) is 0 Å². The van der Waals surface area contributed by atoms with Crippen molar-refractivity contribution in [3.63, 3.8) is 0 Å². The quantitative estimate of drug-likeness (QED) is 0.782. The average molecular weight is 383 g/mol. The molecule has 1 aromatic heterocycles. The summed E-state index contributed by atoms with van der Waals surface area (Å²) in [6, 6.07) is 3.48. The monoisotopic (exact) mass is 383 g/mol. The normalized spacial score (nSPS) is 11.2. The Balaban J connectivity index is 2.39. The summed E-state index contributed by atoms with van der Waals surface area (Å²) in [7, 11) is 3.00. The molecule has 1 aromatic carbocycles. The smallest absolute Gasteiger partial charge is 0.262 e. The molecule has 0 bridgehead atoms. The summed E-state index contributed by atoms with van der Waals surface area (Å²) in [4.78, 5) is 11.6. The first-order chi connectivity index (χ1) is 12.2. The number of hydrogen-bond acceptors (Lipinski definition) is 7. The lowest BCUT2D eigenvalue weighted by molar-refractivity contribution is 0.321. The lowest BCUT2D eigenvalue weighted by atomic mass is 10.3. The van der Waals surface area contributed by atoms with Gasteiger partial charge in [0.1, 0.15) is 5.69 Å². The van der Waals surface area contributed by atoms with E-state index in [0.717, 1.165) is 6.07 Å². The van der Waals surface area contributed by atoms with Gasteiger partial charge in [-0.2, -0.15) is 4.98 Å². The fraction of sp³-hybridized carbons (Fsp3) is 0.375. The summed E-state index contributed by atoms with van der Waals surface area (Å²) in [6.45, 7) is 1.99. The van der Waals surface area contributed by atoms with Crippen LogP contribution in [-0.4, -0.2) is 53.2 Å². The van der Waals surface area contributed by atoms with Crippen LogP contribution in [-0.2, 0) is 10.0 Å². The zero-order chi connectivity index (χ0) is 19.5. The van der Waals surface area contributed by atoms with Crippen LogP contribution in [0, 0.1) is 5.82 Å². The number of halogens is 1. The molecule has 10 heteroatoms. The molecule has 2 rings (SSSR count). The lowest BCUT2D eigenvalue weighted by Crippen LogP contribution is -2.21. The standard InChI is InChI=1S/C16H22FN5O3S/c1-6-25-14-8-7-11(9-12(14)17)26(23,24)20-13-10-18-16(22(4)5)19-15(13)21(2)3/h7-10,20H,6H2,1-5H3. The molecule has 0 fully saturated rings. The van der Waals surface area contributed by atoms with Crippen molar-refractivity contribution in [1.82, 2.24) is 9.97 Å². The minimum absolute atomic E-state index is 0.000834. The Bertz CT molecular complexity index is 887. The van der Waals surface area contributed by atoms with E-state index < -0.39 is 15.8 Å². The molecule has 8 nitrogen and oxygen atoms in total. The Morgan fingerprint density at radius 3 is 2.42 bits per heavy atom. The summed E-state index contributed by atoms with van der Waals surface area (Å²) >= 11 is 0. The number of anilines is 3. The Morgan fingerprint density at radius 1 is 1.19 bits per heavy atom. The van der Waals surface area contributed by atoms with Crippen molar-refractivity contribution in [3.05, 3.63) is 30.2 Å². The predicted molar refractivity (Wildman–Crippen MR) is 99.1 cm³/mol. The van der Waals surface area contributed by atoms with E-state index in [2.05, 4.69) is 14.7 Å². The van der Waals surface area contributed by atoms with Crippen LogP contribution in [0.15, 0.2) is 29.3 Å². The summed E-state index contributed by atoms with van der Waals surface area (Å²) in [6.07, 6.45) is 1.38. The summed E-state index contributed by atoms with van der Waals surface area (Å²) in [5.74, 6) is 0.0725. The van der Waals surface area contributed by atoms with Crippen molar-refractivity contribution in [2.24, 2.45) is 0 Å². The summed E-state index contributed by atoms with van der Waals surface area (Å²) in [5.41, 5.74) is 0.190. The largest absolute Gasteiger partial charge is 0.491 e. The Kier molecular flexibility index (Phi) is 5.86. The molecule has 0 aliphatic carbocycles. The van der Waals surface area contributed by atoms with Crippen LogP contribution in [0.4, 0.5) is 21.8 Å². The van der Waals surface area contributed by atoms with Gasteiger partial charge >= 0.3 is 0 Å². The molecule has 0 unspecified atom stereocenters. The van der Waals surface area contributed by atoms with Crippen LogP contribution >= 0.6 is 0 Å². The molecule has 0 atom stereocenters. The second kappa shape index (κ2) is 7.73. The Hall–Kier alpha value is -2.62. The van der Waals surface area contributed by atoms with Crippen molar-refractivity contribution < 1.29 is 17.5 Å². The maximum Gasteiger partial charge on any atom is 0.262 e. The van der Waals surface area contributed by atoms with Crippen molar-refractivity contribution in [3.8, 4) is 5.75 Å². The van der Waals surface area contributed by atoms with Crippen molar-refractivity contribution in [2.45, 2.75) is 11.8 Å². The number of nitrogens with one attached hydrogen (secondary N) is 1. The van der Waals surface area contributed by atoms with E-state index in [9.17, 15) is 12.8 Å². The molecule has 0 radical (unpaired) electrons. The molecule has 26 heavy (non-hydrogen) atoms. The first-order valence-electron chi connectivity index (χ1n) is 7.82. The van der Waals surface area contributed by atoms with Gasteiger partial charge in [-0.15, -0.1) is 0 Å². The van der Waals surface area contributed by atoms with Crippen molar-refractivity contribution in [1.29, 1.82) is 0 Å². The van der Waals surface area contributed by atoms with Gasteiger partial charge in [-0.05, 0) is 25.1 Å². The van der Waals surface area contributed by atoms with Gasteiger partial charge in [-0.25, -0.2) is 17.8 Å². The average Bonchev–Trinajstić information content (AvgIpc) is 2.56. The van der Waals surface area contributed by atoms with Crippen LogP contribution in [0.5, 0.6) is 5.75 Å². The van der Waals surface area contributed by atoms with Gasteiger partial charge in [0.15, 0.2) is 17.4 Å². The van der Waals surface area contributed by atoms with E-state index in [-0.39, 0.29) is 22.9 Å². The zero-order valence-electron chi connectivity index (χ0n) is 15.3. The van der Waals surface area contributed by atoms with Crippen LogP contribution in [0.1, 0.15) is 6.92 Å². The fourth-order valence-electron chi connectivity index (χ4n) is 2.12. The SMILES string of the molecule is CCOc1ccc(S(=O)(=O)Nc2cnc(N(C)C)nc2N(C)C)cc1F. The molecule has 142 valence electrons. The number of ether oxygens (including phenoxy) is 1. The minimum Gasteiger partial charge on any atom is -0.491 e. The highest BCUT2D eigenvalue weighted by Crippen LogP contribution is 2.27. The van der Waals surface area contributed by atoms with Gasteiger partial charge in [0.2, 0.25) is 5.95 Å². The van der Waals surface area contributed by atoms with Gasteiger partial charge in [0.25, 0.3) is 10.0 Å². The molecule has 0 saturated heterocycles. The molecule has 1 N–H and O–H groups in total. The zero-order valence-corrected chi connectivity index (χ0v) is 16.1. The minimum atomic E-state index is -4.02. The number of nitrogens with zero attached hydrogens (tertiary/aromatic N) is 4. The second-order valence-electron chi connectivity index (χ2n) is 5.83. The second-order valence-corrected chi connectivity index (χ2v) is 7.51. The van der Waals surface area contributed by atoms with Crippen LogP contribution in [0.3, 0.4) is 0 Å². The molecular formula is C16H22FN5O3S. The predicted octanol–water partition coefficient (Wildman–Crippen LogP) is 1.95. The van der Waals surface area contributed by atoms with E-state index in [0.29, 0.717) is 11.8 Å². The Morgan fingerprint density at radius 2 is 1.88 bits per heavy atom. The number of sulfonamides is 1. The lowest BCUT2D eigenvalue weighted by Gasteiger charge is -2.19. The van der Waals surface area contributed by atoms with E-state index >= 15 is 0 Å². The molecule has 0 aliphatic heterocycles. The van der Waals surface area contributed by atoms with Crippen LogP contribution < -0.4 is 19.3 Å². The highest BCUT2D eigenvalue weighted by atomic mass is 32.2. The van der Waals surface area contributed by atoms with Crippen molar-refractivity contribution >= 4 is 27.5 Å². The van der Waals surface area contributed by atoms with Gasteiger partial charge in [0, 0.05) is 28.2 Å². The maximum atomic E-state index is 14.0. The first-order valence-corrected chi connectivity index (χ1v) is 9.31. The molecule has 0 amide bonds. The molecule has 0 aliphatic rings. The van der Waals surface area contributed by atoms with E-state index in [1.807, 2.05) is 0 Å². The molecule has 2 aromatic rings. The number of hydrogen-bond donors (Lipinski definition) is 1. The number of benzene rings is 1. The number of aromatic nitrogens is 2. The fourth-order valence-corrected chi connectivity index (χ4v) is 3.17. The third-order valence-electron chi connectivity index (χ3n) is 3.34. The van der Waals surface area contributed by atoms with E-state index in [4.69, 9.17) is 4.74 Å². The molecule has 0 saturated carbocycles. The van der Waals surface area contributed by atoms with E-state index in [1.165, 1.54) is 18.3 Å². The van der Waals surface area contributed by atoms with Gasteiger partial charge in [-0.1, -0.05) is 0 Å². The highest BCUT2D eigenvalue weighted by molar-refractivity contribution is 7.92. The first kappa shape index (κ1) is 19.7. The van der Waals surface area contributed by atoms with Gasteiger partial charge in [-0.3, -0.25) is 4.72 Å². The Labute approximate surface area is 152 Å². The van der Waals surface area contributed by atoms with Gasteiger partial charge in [0.05, 0.1) is 17.7 Å². The third kappa shape index (κ3) is 4.31. The van der Waals surface area contributed by atoms with Crippen molar-refractivity contribution in [2.75, 3.05) is 49.3 Å². The third-order valence-corrected chi connectivity index (χ3v) is 4.70. The van der Waals surface area contributed by atoms with E-state index in [1.54, 1.807) is 44.9 Å². The number of rotatable bonds is 7. The molecule has 0 spiro atoms. The molecule has 1 heterocycles. The summed E-state index contributed by atoms with van der Waals surface area (Å²) < 4.78 is 46.7. The maximum absolute atomic E-state index is 14.0. The highest BCUT2D eigenvalue weighted by Gasteiger charge is 2.20. The summed E-state index contributed by atoms with van der Waals surface area (Å²) in [5, 5.41) is 0. The topological polar surface area (TPSA) is 87.7 Å². The van der Waals surface area contributed by atoms with Crippen LogP contribution in [0.2, 0.25) is 0 Å². The molecular weight excluding hydrogens is 361 g/mol. The van der Waals surface area contributed by atoms with Gasteiger partial charge < -0.3 is 14.5 Å².